The Kier molecular flexibility index (Phi) is 5.38. The van der Waals surface area contributed by atoms with Gasteiger partial charge in [-0.2, -0.15) is 0 Å². The summed E-state index contributed by atoms with van der Waals surface area (Å²) in [6.45, 7) is 2.13. The number of aromatic nitrogens is 2. The highest BCUT2D eigenvalue weighted by Crippen LogP contribution is 2.20. The zero-order valence-corrected chi connectivity index (χ0v) is 14.3. The van der Waals surface area contributed by atoms with Gasteiger partial charge in [0.25, 0.3) is 0 Å². The molecule has 3 aromatic rings. The maximum absolute atomic E-state index is 12.0. The number of fused-ring (bicyclic) bond motifs is 1. The number of nitrogens with one attached hydrogen (secondary N) is 3. The van der Waals surface area contributed by atoms with Crippen LogP contribution in [0.25, 0.3) is 10.9 Å². The molecule has 0 unspecified atom stereocenters. The molecule has 26 heavy (non-hydrogen) atoms. The van der Waals surface area contributed by atoms with Crippen LogP contribution in [0.4, 0.5) is 16.3 Å². The van der Waals surface area contributed by atoms with E-state index in [2.05, 4.69) is 25.9 Å². The van der Waals surface area contributed by atoms with Gasteiger partial charge in [-0.25, -0.2) is 9.78 Å². The highest BCUT2D eigenvalue weighted by molar-refractivity contribution is 5.99. The molecule has 0 saturated heterocycles. The number of anilines is 2. The topological polar surface area (TPSA) is 96.0 Å². The number of pyridine rings is 2. The number of hydrogen-bond acceptors (Lipinski definition) is 4. The van der Waals surface area contributed by atoms with Gasteiger partial charge in [0.2, 0.25) is 5.91 Å². The van der Waals surface area contributed by atoms with E-state index in [9.17, 15) is 9.59 Å². The molecule has 3 rings (SSSR count). The van der Waals surface area contributed by atoms with E-state index >= 15 is 0 Å². The molecule has 0 bridgehead atoms. The number of nitrogens with zero attached hydrogens (tertiary/aromatic N) is 2. The molecule has 0 aliphatic heterocycles. The predicted octanol–water partition coefficient (Wildman–Crippen LogP) is 3.09. The number of para-hydroxylation sites is 1. The van der Waals surface area contributed by atoms with E-state index in [0.717, 1.165) is 10.9 Å². The van der Waals surface area contributed by atoms with Crippen LogP contribution in [0.2, 0.25) is 0 Å². The molecule has 0 aliphatic rings. The Morgan fingerprint density at radius 1 is 1.00 bits per heavy atom. The molecule has 0 fully saturated rings. The van der Waals surface area contributed by atoms with Crippen LogP contribution in [-0.2, 0) is 4.79 Å². The molecule has 3 amide bonds. The van der Waals surface area contributed by atoms with Gasteiger partial charge in [0, 0.05) is 30.7 Å². The third-order valence-electron chi connectivity index (χ3n) is 3.70. The van der Waals surface area contributed by atoms with Crippen LogP contribution in [0.1, 0.15) is 12.0 Å². The van der Waals surface area contributed by atoms with Gasteiger partial charge in [-0.05, 0) is 30.7 Å². The third-order valence-corrected chi connectivity index (χ3v) is 3.70. The second-order valence-corrected chi connectivity index (χ2v) is 5.78. The molecular formula is C19H19N5O2. The van der Waals surface area contributed by atoms with Crippen LogP contribution >= 0.6 is 0 Å². The molecule has 7 heteroatoms. The molecule has 0 saturated carbocycles. The summed E-state index contributed by atoms with van der Waals surface area (Å²) in [7, 11) is 0. The molecule has 132 valence electrons. The van der Waals surface area contributed by atoms with Gasteiger partial charge >= 0.3 is 6.03 Å². The quantitative estimate of drug-likeness (QED) is 0.659. The van der Waals surface area contributed by atoms with E-state index in [1.165, 1.54) is 0 Å². The number of amides is 3. The molecule has 0 aliphatic carbocycles. The summed E-state index contributed by atoms with van der Waals surface area (Å²) in [4.78, 5) is 32.3. The van der Waals surface area contributed by atoms with Crippen molar-refractivity contribution in [3.63, 3.8) is 0 Å². The van der Waals surface area contributed by atoms with Crippen molar-refractivity contribution in [3.8, 4) is 0 Å². The van der Waals surface area contributed by atoms with Crippen molar-refractivity contribution in [2.45, 2.75) is 13.3 Å². The summed E-state index contributed by atoms with van der Waals surface area (Å²) in [6.07, 6.45) is 3.51. The van der Waals surface area contributed by atoms with Gasteiger partial charge < -0.3 is 16.0 Å². The molecule has 2 heterocycles. The van der Waals surface area contributed by atoms with E-state index in [-0.39, 0.29) is 24.9 Å². The zero-order valence-electron chi connectivity index (χ0n) is 14.3. The maximum Gasteiger partial charge on any atom is 0.319 e. The SMILES string of the molecule is Cc1ccc(NC(=O)CCNC(=O)Nc2cccc3cccnc23)nc1. The van der Waals surface area contributed by atoms with Gasteiger partial charge in [-0.3, -0.25) is 9.78 Å². The van der Waals surface area contributed by atoms with Gasteiger partial charge in [0.05, 0.1) is 11.2 Å². The van der Waals surface area contributed by atoms with Crippen LogP contribution < -0.4 is 16.0 Å². The van der Waals surface area contributed by atoms with Crippen molar-refractivity contribution >= 4 is 34.3 Å². The van der Waals surface area contributed by atoms with E-state index in [4.69, 9.17) is 0 Å². The number of hydrogen-bond donors (Lipinski definition) is 3. The first kappa shape index (κ1) is 17.3. The number of carbonyl (C=O) groups is 2. The lowest BCUT2D eigenvalue weighted by molar-refractivity contribution is -0.116. The number of rotatable bonds is 5. The Labute approximate surface area is 150 Å². The minimum atomic E-state index is -0.385. The molecular weight excluding hydrogens is 330 g/mol. The summed E-state index contributed by atoms with van der Waals surface area (Å²) in [5.74, 6) is 0.278. The first-order valence-electron chi connectivity index (χ1n) is 8.23. The van der Waals surface area contributed by atoms with Crippen LogP contribution in [-0.4, -0.2) is 28.5 Å². The van der Waals surface area contributed by atoms with Crippen LogP contribution in [0.15, 0.2) is 54.9 Å². The Bertz CT molecular complexity index is 919. The molecule has 0 radical (unpaired) electrons. The predicted molar refractivity (Wildman–Crippen MR) is 101 cm³/mol. The van der Waals surface area contributed by atoms with Gasteiger partial charge in [0.15, 0.2) is 0 Å². The van der Waals surface area contributed by atoms with Crippen molar-refractivity contribution in [1.29, 1.82) is 0 Å². The second-order valence-electron chi connectivity index (χ2n) is 5.78. The average molecular weight is 349 g/mol. The number of carbonyl (C=O) groups excluding carboxylic acids is 2. The first-order valence-corrected chi connectivity index (χ1v) is 8.23. The largest absolute Gasteiger partial charge is 0.337 e. The van der Waals surface area contributed by atoms with Crippen LogP contribution in [0.3, 0.4) is 0 Å². The lowest BCUT2D eigenvalue weighted by atomic mass is 10.2. The number of aryl methyl sites for hydroxylation is 1. The Balaban J connectivity index is 1.48. The van der Waals surface area contributed by atoms with E-state index in [1.807, 2.05) is 37.3 Å². The standard InChI is InChI=1S/C19H19N5O2/c1-13-7-8-16(22-12-13)24-17(25)9-11-21-19(26)23-15-6-2-4-14-5-3-10-20-18(14)15/h2-8,10,12H,9,11H2,1H3,(H2,21,23,26)(H,22,24,25). The second kappa shape index (κ2) is 8.06. The lowest BCUT2D eigenvalue weighted by Crippen LogP contribution is -2.31. The van der Waals surface area contributed by atoms with Crippen molar-refractivity contribution in [2.24, 2.45) is 0 Å². The summed E-state index contributed by atoms with van der Waals surface area (Å²) in [6, 6.07) is 12.5. The highest BCUT2D eigenvalue weighted by Gasteiger charge is 2.08. The zero-order chi connectivity index (χ0) is 18.4. The molecule has 7 nitrogen and oxygen atoms in total. The van der Waals surface area contributed by atoms with Crippen LogP contribution in [0, 0.1) is 6.92 Å². The van der Waals surface area contributed by atoms with Crippen molar-refractivity contribution in [3.05, 3.63) is 60.4 Å². The fraction of sp³-hybridized carbons (Fsp3) is 0.158. The fourth-order valence-electron chi connectivity index (χ4n) is 2.41. The van der Waals surface area contributed by atoms with Crippen molar-refractivity contribution < 1.29 is 9.59 Å². The highest BCUT2D eigenvalue weighted by atomic mass is 16.2. The molecule has 0 atom stereocenters. The Morgan fingerprint density at radius 2 is 1.85 bits per heavy atom. The Hall–Kier alpha value is -3.48. The maximum atomic E-state index is 12.0. The number of urea groups is 1. The van der Waals surface area contributed by atoms with E-state index in [0.29, 0.717) is 17.0 Å². The lowest BCUT2D eigenvalue weighted by Gasteiger charge is -2.09. The normalized spacial score (nSPS) is 10.3. The molecule has 3 N–H and O–H groups in total. The molecule has 1 aromatic carbocycles. The monoisotopic (exact) mass is 349 g/mol. The molecule has 0 spiro atoms. The van der Waals surface area contributed by atoms with Crippen molar-refractivity contribution in [1.82, 2.24) is 15.3 Å². The van der Waals surface area contributed by atoms with Crippen molar-refractivity contribution in [2.75, 3.05) is 17.2 Å². The summed E-state index contributed by atoms with van der Waals surface area (Å²) >= 11 is 0. The number of benzene rings is 1. The van der Waals surface area contributed by atoms with E-state index in [1.54, 1.807) is 24.5 Å². The average Bonchev–Trinajstić information content (AvgIpc) is 2.64. The summed E-state index contributed by atoms with van der Waals surface area (Å²) in [5, 5.41) is 9.05. The minimum Gasteiger partial charge on any atom is -0.337 e. The third kappa shape index (κ3) is 4.54. The van der Waals surface area contributed by atoms with Gasteiger partial charge in [0.1, 0.15) is 5.82 Å². The van der Waals surface area contributed by atoms with E-state index < -0.39 is 0 Å². The minimum absolute atomic E-state index is 0.150. The first-order chi connectivity index (χ1) is 12.6. The molecule has 2 aromatic heterocycles. The fourth-order valence-corrected chi connectivity index (χ4v) is 2.41. The van der Waals surface area contributed by atoms with Crippen LogP contribution in [0.5, 0.6) is 0 Å². The van der Waals surface area contributed by atoms with Gasteiger partial charge in [-0.15, -0.1) is 0 Å². The van der Waals surface area contributed by atoms with Gasteiger partial charge in [-0.1, -0.05) is 24.3 Å². The smallest absolute Gasteiger partial charge is 0.319 e. The summed E-state index contributed by atoms with van der Waals surface area (Å²) < 4.78 is 0. The summed E-state index contributed by atoms with van der Waals surface area (Å²) in [5.41, 5.74) is 2.35. The Morgan fingerprint density at radius 3 is 2.65 bits per heavy atom.